The Hall–Kier alpha value is -3.61. The fourth-order valence-corrected chi connectivity index (χ4v) is 3.12. The number of carbonyl (C=O) groups excluding carboxylic acids is 1. The van der Waals surface area contributed by atoms with E-state index in [0.717, 1.165) is 11.3 Å². The van der Waals surface area contributed by atoms with E-state index in [0.29, 0.717) is 34.2 Å². The Labute approximate surface area is 169 Å². The van der Waals surface area contributed by atoms with Gasteiger partial charge in [-0.25, -0.2) is 0 Å². The number of nitrogens with one attached hydrogen (secondary N) is 1. The molecule has 0 fully saturated rings. The lowest BCUT2D eigenvalue weighted by Gasteiger charge is -2.17. The second-order valence-corrected chi connectivity index (χ2v) is 6.30. The van der Waals surface area contributed by atoms with Crippen LogP contribution in [0.2, 0.25) is 0 Å². The molecule has 1 heterocycles. The summed E-state index contributed by atoms with van der Waals surface area (Å²) in [6.45, 7) is 1.98. The maximum atomic E-state index is 12.9. The van der Waals surface area contributed by atoms with E-state index < -0.39 is 0 Å². The molecule has 29 heavy (non-hydrogen) atoms. The number of hydrogen-bond acceptors (Lipinski definition) is 5. The molecule has 0 atom stereocenters. The zero-order chi connectivity index (χ0) is 21.0. The van der Waals surface area contributed by atoms with Crippen LogP contribution in [0.3, 0.4) is 0 Å². The highest BCUT2D eigenvalue weighted by molar-refractivity contribution is 6.06. The molecule has 1 aromatic heterocycles. The smallest absolute Gasteiger partial charge is 0.256 e. The van der Waals surface area contributed by atoms with Gasteiger partial charge in [0.1, 0.15) is 5.75 Å². The first-order valence-corrected chi connectivity index (χ1v) is 8.95. The normalized spacial score (nSPS) is 10.4. The molecule has 7 heteroatoms. The minimum Gasteiger partial charge on any atom is -0.494 e. The number of hydrogen-bond donors (Lipinski definition) is 1. The average Bonchev–Trinajstić information content (AvgIpc) is 3.27. The number of benzene rings is 2. The third kappa shape index (κ3) is 3.99. The molecule has 1 amide bonds. The van der Waals surface area contributed by atoms with Crippen LogP contribution in [0.15, 0.2) is 48.8 Å². The number of amides is 1. The summed E-state index contributed by atoms with van der Waals surface area (Å²) in [5.41, 5.74) is 2.90. The summed E-state index contributed by atoms with van der Waals surface area (Å²) >= 11 is 0. The molecule has 2 aromatic carbocycles. The van der Waals surface area contributed by atoms with E-state index in [9.17, 15) is 4.79 Å². The summed E-state index contributed by atoms with van der Waals surface area (Å²) in [6, 6.07) is 10.9. The van der Waals surface area contributed by atoms with E-state index in [1.165, 1.54) is 21.3 Å². The van der Waals surface area contributed by atoms with Crippen molar-refractivity contribution in [2.75, 3.05) is 33.8 Å². The monoisotopic (exact) mass is 396 g/mol. The van der Waals surface area contributed by atoms with Gasteiger partial charge in [0.25, 0.3) is 5.91 Å². The van der Waals surface area contributed by atoms with Gasteiger partial charge in [-0.1, -0.05) is 0 Å². The van der Waals surface area contributed by atoms with Crippen LogP contribution >= 0.6 is 0 Å². The number of carbonyl (C=O) groups is 1. The van der Waals surface area contributed by atoms with E-state index in [1.807, 2.05) is 48.1 Å². The largest absolute Gasteiger partial charge is 0.494 e. The quantitative estimate of drug-likeness (QED) is 0.652. The van der Waals surface area contributed by atoms with E-state index in [1.54, 1.807) is 19.2 Å². The summed E-state index contributed by atoms with van der Waals surface area (Å²) < 4.78 is 23.5. The zero-order valence-corrected chi connectivity index (χ0v) is 17.1. The lowest BCUT2D eigenvalue weighted by molar-refractivity contribution is 0.102. The molecular weight excluding hydrogens is 372 g/mol. The van der Waals surface area contributed by atoms with Gasteiger partial charge in [0, 0.05) is 24.0 Å². The summed E-state index contributed by atoms with van der Waals surface area (Å²) in [5, 5.41) is 2.91. The number of ether oxygens (including phenoxy) is 4. The van der Waals surface area contributed by atoms with Crippen molar-refractivity contribution in [3.8, 4) is 28.7 Å². The molecule has 3 rings (SSSR count). The fourth-order valence-electron chi connectivity index (χ4n) is 3.12. The molecular formula is C22H24N2O5. The SMILES string of the molecule is COc1cc(-n2cccc2)c(C)cc1NC(=O)c1cc(OC)c(OC)c(OC)c1. The van der Waals surface area contributed by atoms with Crippen molar-refractivity contribution in [2.45, 2.75) is 6.92 Å². The van der Waals surface area contributed by atoms with E-state index in [4.69, 9.17) is 18.9 Å². The maximum Gasteiger partial charge on any atom is 0.256 e. The number of anilines is 1. The Morgan fingerprint density at radius 2 is 1.41 bits per heavy atom. The lowest BCUT2D eigenvalue weighted by Crippen LogP contribution is -2.14. The number of aryl methyl sites for hydroxylation is 1. The van der Waals surface area contributed by atoms with Crippen molar-refractivity contribution >= 4 is 11.6 Å². The van der Waals surface area contributed by atoms with Crippen molar-refractivity contribution in [2.24, 2.45) is 0 Å². The molecule has 0 aliphatic rings. The van der Waals surface area contributed by atoms with E-state index in [2.05, 4.69) is 5.32 Å². The zero-order valence-electron chi connectivity index (χ0n) is 17.1. The van der Waals surface area contributed by atoms with Crippen LogP contribution < -0.4 is 24.3 Å². The third-order valence-electron chi connectivity index (χ3n) is 4.58. The van der Waals surface area contributed by atoms with Gasteiger partial charge in [0.05, 0.1) is 39.8 Å². The lowest BCUT2D eigenvalue weighted by atomic mass is 10.1. The average molecular weight is 396 g/mol. The van der Waals surface area contributed by atoms with Crippen molar-refractivity contribution in [1.82, 2.24) is 4.57 Å². The van der Waals surface area contributed by atoms with Crippen LogP contribution in [0, 0.1) is 6.92 Å². The van der Waals surface area contributed by atoms with Gasteiger partial charge >= 0.3 is 0 Å². The van der Waals surface area contributed by atoms with Crippen LogP contribution in [-0.4, -0.2) is 38.9 Å². The molecule has 0 radical (unpaired) electrons. The molecule has 0 spiro atoms. The molecule has 0 saturated carbocycles. The molecule has 0 unspecified atom stereocenters. The molecule has 7 nitrogen and oxygen atoms in total. The second-order valence-electron chi connectivity index (χ2n) is 6.30. The Balaban J connectivity index is 1.96. The predicted octanol–water partition coefficient (Wildman–Crippen LogP) is 4.07. The van der Waals surface area contributed by atoms with Crippen molar-refractivity contribution in [3.05, 3.63) is 59.9 Å². The molecule has 0 bridgehead atoms. The predicted molar refractivity (Wildman–Crippen MR) is 111 cm³/mol. The van der Waals surface area contributed by atoms with Gasteiger partial charge < -0.3 is 28.8 Å². The van der Waals surface area contributed by atoms with Crippen LogP contribution in [0.4, 0.5) is 5.69 Å². The highest BCUT2D eigenvalue weighted by Crippen LogP contribution is 2.38. The first kappa shape index (κ1) is 20.1. The third-order valence-corrected chi connectivity index (χ3v) is 4.58. The maximum absolute atomic E-state index is 12.9. The Bertz CT molecular complexity index is 987. The molecule has 1 N–H and O–H groups in total. The van der Waals surface area contributed by atoms with Crippen LogP contribution in [0.25, 0.3) is 5.69 Å². The molecule has 0 saturated heterocycles. The highest BCUT2D eigenvalue weighted by atomic mass is 16.5. The fraction of sp³-hybridized carbons (Fsp3) is 0.227. The highest BCUT2D eigenvalue weighted by Gasteiger charge is 2.19. The standard InChI is InChI=1S/C22H24N2O5/c1-14-10-16(18(26-2)13-17(14)24-8-6-7-9-24)23-22(25)15-11-19(27-3)21(29-5)20(12-15)28-4/h6-13H,1-5H3,(H,23,25). The topological polar surface area (TPSA) is 71.0 Å². The van der Waals surface area contributed by atoms with Crippen molar-refractivity contribution < 1.29 is 23.7 Å². The van der Waals surface area contributed by atoms with Gasteiger partial charge in [0.15, 0.2) is 11.5 Å². The van der Waals surface area contributed by atoms with Gasteiger partial charge in [-0.15, -0.1) is 0 Å². The summed E-state index contributed by atoms with van der Waals surface area (Å²) in [4.78, 5) is 12.9. The van der Waals surface area contributed by atoms with E-state index >= 15 is 0 Å². The molecule has 0 aliphatic carbocycles. The van der Waals surface area contributed by atoms with Gasteiger partial charge in [0.2, 0.25) is 5.75 Å². The van der Waals surface area contributed by atoms with E-state index in [-0.39, 0.29) is 5.91 Å². The van der Waals surface area contributed by atoms with Gasteiger partial charge in [-0.3, -0.25) is 4.79 Å². The minimum atomic E-state index is -0.323. The first-order valence-electron chi connectivity index (χ1n) is 8.95. The first-order chi connectivity index (χ1) is 14.0. The molecule has 3 aromatic rings. The molecule has 0 aliphatic heterocycles. The van der Waals surface area contributed by atoms with Gasteiger partial charge in [-0.05, 0) is 42.8 Å². The van der Waals surface area contributed by atoms with Crippen LogP contribution in [0.5, 0.6) is 23.0 Å². The summed E-state index contributed by atoms with van der Waals surface area (Å²) in [5.74, 6) is 1.47. The minimum absolute atomic E-state index is 0.323. The number of aromatic nitrogens is 1. The Morgan fingerprint density at radius 1 is 0.828 bits per heavy atom. The number of methoxy groups -OCH3 is 4. The van der Waals surface area contributed by atoms with Crippen molar-refractivity contribution in [3.63, 3.8) is 0 Å². The van der Waals surface area contributed by atoms with Crippen LogP contribution in [0.1, 0.15) is 15.9 Å². The summed E-state index contributed by atoms with van der Waals surface area (Å²) in [6.07, 6.45) is 3.91. The number of nitrogens with zero attached hydrogens (tertiary/aromatic N) is 1. The molecule has 152 valence electrons. The van der Waals surface area contributed by atoms with Gasteiger partial charge in [-0.2, -0.15) is 0 Å². The Morgan fingerprint density at radius 3 is 1.93 bits per heavy atom. The van der Waals surface area contributed by atoms with Crippen molar-refractivity contribution in [1.29, 1.82) is 0 Å². The number of rotatable bonds is 7. The Kier molecular flexibility index (Phi) is 5.97. The second kappa shape index (κ2) is 8.60. The summed E-state index contributed by atoms with van der Waals surface area (Å²) in [7, 11) is 6.09. The van der Waals surface area contributed by atoms with Crippen LogP contribution in [-0.2, 0) is 0 Å².